The Labute approximate surface area is 659 Å². The topological polar surface area (TPSA) is 278 Å². The molecule has 35 heteroatoms. The first-order chi connectivity index (χ1) is 53.3. The van der Waals surface area contributed by atoms with Gasteiger partial charge in [0.05, 0.1) is 81.8 Å². The van der Waals surface area contributed by atoms with E-state index in [0.717, 1.165) is 42.8 Å². The summed E-state index contributed by atoms with van der Waals surface area (Å²) in [5, 5.41) is 13.9. The van der Waals surface area contributed by atoms with Crippen LogP contribution in [0.5, 0.6) is 28.7 Å². The van der Waals surface area contributed by atoms with E-state index in [-0.39, 0.29) is 163 Å². The fourth-order valence-corrected chi connectivity index (χ4v) is 15.5. The van der Waals surface area contributed by atoms with Crippen LogP contribution in [0.3, 0.4) is 0 Å². The van der Waals surface area contributed by atoms with E-state index >= 15 is 0 Å². The normalized spacial score (nSPS) is 13.1. The number of benzene rings is 8. The Morgan fingerprint density at radius 2 is 0.788 bits per heavy atom. The molecule has 0 fully saturated rings. The number of ether oxygens (including phenoxy) is 4. The number of fused-ring (bicyclic) bond motifs is 6. The summed E-state index contributed by atoms with van der Waals surface area (Å²) in [5.74, 6) is -4.73. The summed E-state index contributed by atoms with van der Waals surface area (Å²) >= 11 is 17.5. The molecule has 3 aromatic heterocycles. The summed E-state index contributed by atoms with van der Waals surface area (Å²) in [6.45, 7) is 0.518. The molecule has 0 saturated heterocycles. The molecule has 11 aromatic rings. The number of pyridine rings is 3. The Morgan fingerprint density at radius 3 is 1.15 bits per heavy atom. The van der Waals surface area contributed by atoms with Gasteiger partial charge in [0, 0.05) is 144 Å². The largest absolute Gasteiger partial charge is 0.505 e. The molecule has 0 unspecified atom stereocenters. The lowest BCUT2D eigenvalue weighted by Crippen LogP contribution is -2.26. The van der Waals surface area contributed by atoms with Crippen molar-refractivity contribution in [3.8, 4) is 28.7 Å². The highest BCUT2D eigenvalue weighted by atomic mass is 35.5. The zero-order chi connectivity index (χ0) is 81.9. The van der Waals surface area contributed by atoms with Crippen molar-refractivity contribution in [2.24, 2.45) is 0 Å². The van der Waals surface area contributed by atoms with Crippen molar-refractivity contribution in [2.75, 3.05) is 81.1 Å². The van der Waals surface area contributed by atoms with Crippen LogP contribution in [0.4, 0.5) is 43.4 Å². The van der Waals surface area contributed by atoms with E-state index in [1.807, 2.05) is 24.3 Å². The number of nitrogens with one attached hydrogen (secondary N) is 1. The lowest BCUT2D eigenvalue weighted by atomic mass is 9.98. The molecule has 590 valence electrons. The number of amides is 3. The second-order valence-electron chi connectivity index (χ2n) is 26.9. The standard InChI is InChI=1S/C29H26ClF2N3O5S.C28H24ClF2N3O5S.C21H18ClF2N3O4S/c1-34-14-21-25(29(34)36)28(40-15-16-5-7-19(39-3)8-6-16)26-20(27(21)35(2)41(4,37)38)10-17(13-33-26)9-18-11-22(30)24(32)12-23(18)31;1-34(40(3,36)37)26-19-9-16(8-17-10-21(29)23(31)11-22(17)30)12-32-25(19)27(24-20(26)13-33-28(24)35)39-14-15-4-6-18(38-2)7-5-15;1-26-9-13-17(21(26)29)20(28)18-12(19(13)27(2)32(3,30)31)5-10(8-25-18)4-11-6-14(22)16(24)7-15(11)23/h5-8,10-13H,9,14-15H2,1-4H3;4-7,9-12H,8,13-14H2,1-3H3,(H,33,35);5-8,28H,4,9H2,1-3H3. The molecule has 2 N–H and O–H groups in total. The number of halogens is 9. The highest BCUT2D eigenvalue weighted by molar-refractivity contribution is 7.92. The number of phenols is 1. The van der Waals surface area contributed by atoms with Crippen molar-refractivity contribution in [3.63, 3.8) is 0 Å². The van der Waals surface area contributed by atoms with Gasteiger partial charge in [-0.1, -0.05) is 59.1 Å². The van der Waals surface area contributed by atoms with Crippen molar-refractivity contribution >= 4 is 132 Å². The molecule has 0 saturated carbocycles. The van der Waals surface area contributed by atoms with Crippen LogP contribution in [0, 0.1) is 34.9 Å². The predicted molar refractivity (Wildman–Crippen MR) is 417 cm³/mol. The zero-order valence-corrected chi connectivity index (χ0v) is 66.4. The number of aromatic nitrogens is 3. The number of rotatable bonds is 20. The van der Waals surface area contributed by atoms with Crippen LogP contribution < -0.4 is 37.2 Å². The molecule has 0 aliphatic carbocycles. The molecule has 23 nitrogen and oxygen atoms in total. The smallest absolute Gasteiger partial charge is 0.258 e. The first-order valence-electron chi connectivity index (χ1n) is 33.9. The third-order valence-electron chi connectivity index (χ3n) is 19.2. The summed E-state index contributed by atoms with van der Waals surface area (Å²) in [6, 6.07) is 25.1. The van der Waals surface area contributed by atoms with Crippen LogP contribution in [-0.4, -0.2) is 141 Å². The van der Waals surface area contributed by atoms with E-state index in [4.69, 9.17) is 53.8 Å². The number of carbonyl (C=O) groups excluding carboxylic acids is 3. The Balaban J connectivity index is 0.000000158. The number of carbonyl (C=O) groups is 3. The van der Waals surface area contributed by atoms with E-state index in [9.17, 15) is 71.1 Å². The van der Waals surface area contributed by atoms with Gasteiger partial charge in [-0.3, -0.25) is 42.3 Å². The van der Waals surface area contributed by atoms with Crippen LogP contribution in [0.15, 0.2) is 122 Å². The van der Waals surface area contributed by atoms with Crippen molar-refractivity contribution in [3.05, 3.63) is 250 Å². The van der Waals surface area contributed by atoms with Gasteiger partial charge in [0.2, 0.25) is 30.1 Å². The molecule has 8 aromatic carbocycles. The van der Waals surface area contributed by atoms with Gasteiger partial charge >= 0.3 is 0 Å². The molecule has 0 radical (unpaired) electrons. The van der Waals surface area contributed by atoms with Crippen molar-refractivity contribution in [2.45, 2.75) is 52.1 Å². The molecular formula is C78H68Cl3F6N9O14S3. The number of aromatic hydroxyl groups is 1. The summed E-state index contributed by atoms with van der Waals surface area (Å²) in [6.07, 6.45) is 7.48. The maximum atomic E-state index is 14.6. The number of nitrogens with zero attached hydrogens (tertiary/aromatic N) is 8. The highest BCUT2D eigenvalue weighted by Gasteiger charge is 2.39. The van der Waals surface area contributed by atoms with Crippen LogP contribution in [0.2, 0.25) is 15.1 Å². The summed E-state index contributed by atoms with van der Waals surface area (Å²) < 4.78 is 186. The SMILES string of the molecule is CN1Cc2c(c(O)c3ncc(Cc4cc(Cl)c(F)cc4F)cc3c2N(C)S(C)(=O)=O)C1=O.COc1ccc(COc2c3c(c(N(C)S(C)(=O)=O)c4cc(Cc5cc(Cl)c(F)cc5F)cnc24)CN(C)C3=O)cc1.COc1ccc(COc2c3c(c(N(C)S(C)(=O)=O)c4cc(Cc5cc(Cl)c(F)cc5F)cnc24)CNC3=O)cc1. The lowest BCUT2D eigenvalue weighted by Gasteiger charge is -2.24. The van der Waals surface area contributed by atoms with Gasteiger partial charge in [-0.05, 0) is 105 Å². The van der Waals surface area contributed by atoms with Crippen molar-refractivity contribution in [1.82, 2.24) is 30.1 Å². The fourth-order valence-electron chi connectivity index (χ4n) is 13.3. The van der Waals surface area contributed by atoms with Gasteiger partial charge < -0.3 is 39.2 Å². The lowest BCUT2D eigenvalue weighted by molar-refractivity contribution is 0.0806. The minimum atomic E-state index is -3.76. The van der Waals surface area contributed by atoms with Crippen LogP contribution in [-0.2, 0) is 82.2 Å². The third kappa shape index (κ3) is 16.5. The fraction of sp³-hybridized carbons (Fsp3) is 0.231. The van der Waals surface area contributed by atoms with E-state index in [0.29, 0.717) is 73.9 Å². The monoisotopic (exact) mass is 1670 g/mol. The van der Waals surface area contributed by atoms with E-state index in [2.05, 4.69) is 20.3 Å². The Hall–Kier alpha value is -10.9. The zero-order valence-electron chi connectivity index (χ0n) is 61.7. The first-order valence-corrected chi connectivity index (χ1v) is 40.6. The molecule has 3 aliphatic rings. The number of hydrogen-bond donors (Lipinski definition) is 2. The molecule has 113 heavy (non-hydrogen) atoms. The Bertz CT molecular complexity index is 6140. The maximum Gasteiger partial charge on any atom is 0.258 e. The third-order valence-corrected chi connectivity index (χ3v) is 23.6. The van der Waals surface area contributed by atoms with Gasteiger partial charge in [0.1, 0.15) is 76.2 Å². The average molecular weight is 1670 g/mol. The number of anilines is 3. The van der Waals surface area contributed by atoms with E-state index in [1.165, 1.54) is 74.8 Å². The summed E-state index contributed by atoms with van der Waals surface area (Å²) in [5.41, 5.74) is 6.52. The molecule has 6 heterocycles. The average Bonchev–Trinajstić information content (AvgIpc) is 1.67. The van der Waals surface area contributed by atoms with Crippen LogP contribution in [0.25, 0.3) is 32.7 Å². The van der Waals surface area contributed by atoms with Gasteiger partial charge in [0.15, 0.2) is 17.2 Å². The number of sulfonamides is 3. The number of methoxy groups -OCH3 is 2. The van der Waals surface area contributed by atoms with Gasteiger partial charge in [-0.25, -0.2) is 51.6 Å². The number of phenolic OH excluding ortho intramolecular Hbond substituents is 1. The first kappa shape index (κ1) is 81.6. The van der Waals surface area contributed by atoms with Crippen LogP contribution in [0.1, 0.15) is 92.3 Å². The number of hydrogen-bond acceptors (Lipinski definition) is 17. The molecule has 14 rings (SSSR count). The van der Waals surface area contributed by atoms with Gasteiger partial charge in [0.25, 0.3) is 17.7 Å². The Morgan fingerprint density at radius 1 is 0.460 bits per heavy atom. The van der Waals surface area contributed by atoms with E-state index in [1.54, 1.807) is 63.7 Å². The summed E-state index contributed by atoms with van der Waals surface area (Å²) in [4.78, 5) is 55.1. The molecule has 0 bridgehead atoms. The second-order valence-corrected chi connectivity index (χ2v) is 34.2. The highest BCUT2D eigenvalue weighted by Crippen LogP contribution is 2.48. The molecule has 0 atom stereocenters. The van der Waals surface area contributed by atoms with Gasteiger partial charge in [-0.15, -0.1) is 0 Å². The van der Waals surface area contributed by atoms with Crippen LogP contribution >= 0.6 is 34.8 Å². The molecule has 3 amide bonds. The van der Waals surface area contributed by atoms with Gasteiger partial charge in [-0.2, -0.15) is 0 Å². The molecular weight excluding hydrogens is 1600 g/mol. The predicted octanol–water partition coefficient (Wildman–Crippen LogP) is 13.8. The maximum absolute atomic E-state index is 14.6. The quantitative estimate of drug-likeness (QED) is 0.0530. The Kier molecular flexibility index (Phi) is 23.1. The summed E-state index contributed by atoms with van der Waals surface area (Å²) in [7, 11) is -0.836. The molecule has 0 spiro atoms. The van der Waals surface area contributed by atoms with Crippen molar-refractivity contribution in [1.29, 1.82) is 0 Å². The minimum absolute atomic E-state index is 0.00195. The van der Waals surface area contributed by atoms with Crippen molar-refractivity contribution < 1.29 is 90.0 Å². The van der Waals surface area contributed by atoms with E-state index < -0.39 is 76.8 Å². The second kappa shape index (κ2) is 31.9. The molecule has 3 aliphatic heterocycles. The minimum Gasteiger partial charge on any atom is -0.505 e.